The molecular weight excluding hydrogens is 311 g/mol. The minimum absolute atomic E-state index is 0.116. The van der Waals surface area contributed by atoms with Crippen LogP contribution in [0.5, 0.6) is 0 Å². The molecule has 0 radical (unpaired) electrons. The van der Waals surface area contributed by atoms with Crippen LogP contribution in [0.25, 0.3) is 0 Å². The van der Waals surface area contributed by atoms with Crippen LogP contribution in [0.4, 0.5) is 18.0 Å². The van der Waals surface area contributed by atoms with Gasteiger partial charge in [0.05, 0.1) is 0 Å². The summed E-state index contributed by atoms with van der Waals surface area (Å²) >= 11 is 0. The predicted molar refractivity (Wildman–Crippen MR) is 82.9 cm³/mol. The van der Waals surface area contributed by atoms with E-state index in [0.717, 1.165) is 13.1 Å². The van der Waals surface area contributed by atoms with Crippen molar-refractivity contribution in [3.63, 3.8) is 0 Å². The van der Waals surface area contributed by atoms with Crippen LogP contribution in [-0.4, -0.2) is 72.1 Å². The molecule has 5 nitrogen and oxygen atoms in total. The minimum atomic E-state index is -4.43. The molecule has 1 saturated heterocycles. The molecule has 0 bridgehead atoms. The van der Waals surface area contributed by atoms with E-state index in [9.17, 15) is 18.0 Å². The lowest BCUT2D eigenvalue weighted by Gasteiger charge is -2.44. The number of ether oxygens (including phenoxy) is 1. The lowest BCUT2D eigenvalue weighted by Crippen LogP contribution is -2.63. The van der Waals surface area contributed by atoms with Crippen molar-refractivity contribution in [2.24, 2.45) is 4.99 Å². The summed E-state index contributed by atoms with van der Waals surface area (Å²) in [4.78, 5) is 18.5. The highest BCUT2D eigenvalue weighted by atomic mass is 19.4. The highest BCUT2D eigenvalue weighted by Crippen LogP contribution is 2.34. The summed E-state index contributed by atoms with van der Waals surface area (Å²) in [6.07, 6.45) is -3.95. The fourth-order valence-corrected chi connectivity index (χ4v) is 2.28. The van der Waals surface area contributed by atoms with Crippen molar-refractivity contribution < 1.29 is 22.7 Å². The largest absolute Gasteiger partial charge is 0.444 e. The molecule has 1 atom stereocenters. The first-order valence-electron chi connectivity index (χ1n) is 7.71. The maximum absolute atomic E-state index is 13.5. The third kappa shape index (κ3) is 5.09. The molecule has 23 heavy (non-hydrogen) atoms. The Morgan fingerprint density at radius 3 is 2.04 bits per heavy atom. The number of amides is 1. The normalized spacial score (nSPS) is 20.6. The van der Waals surface area contributed by atoms with E-state index >= 15 is 0 Å². The van der Waals surface area contributed by atoms with E-state index in [0.29, 0.717) is 6.54 Å². The van der Waals surface area contributed by atoms with Crippen molar-refractivity contribution in [2.75, 3.05) is 32.7 Å². The van der Waals surface area contributed by atoms with Crippen LogP contribution in [-0.2, 0) is 4.74 Å². The monoisotopic (exact) mass is 337 g/mol. The van der Waals surface area contributed by atoms with Crippen LogP contribution < -0.4 is 0 Å². The van der Waals surface area contributed by atoms with E-state index < -0.39 is 23.4 Å². The van der Waals surface area contributed by atoms with E-state index in [1.54, 1.807) is 27.7 Å². The zero-order valence-corrected chi connectivity index (χ0v) is 14.4. The molecule has 0 aromatic heterocycles. The molecule has 1 aliphatic rings. The van der Waals surface area contributed by atoms with Gasteiger partial charge < -0.3 is 9.64 Å². The van der Waals surface area contributed by atoms with Gasteiger partial charge in [-0.25, -0.2) is 4.79 Å². The third-order valence-electron chi connectivity index (χ3n) is 3.69. The fraction of sp³-hybridized carbons (Fsp3) is 0.867. The first-order chi connectivity index (χ1) is 10.4. The van der Waals surface area contributed by atoms with Gasteiger partial charge in [-0.15, -0.1) is 0 Å². The number of alkyl halides is 3. The van der Waals surface area contributed by atoms with Crippen LogP contribution in [0.1, 0.15) is 34.6 Å². The van der Waals surface area contributed by atoms with Crippen molar-refractivity contribution in [2.45, 2.75) is 51.9 Å². The summed E-state index contributed by atoms with van der Waals surface area (Å²) in [5.74, 6) is 0. The summed E-state index contributed by atoms with van der Waals surface area (Å²) in [5, 5.41) is 0. The summed E-state index contributed by atoms with van der Waals surface area (Å²) in [5.41, 5.74) is -2.74. The van der Waals surface area contributed by atoms with Gasteiger partial charge in [0.15, 0.2) is 0 Å². The zero-order chi connectivity index (χ0) is 17.9. The Bertz CT molecular complexity index is 438. The minimum Gasteiger partial charge on any atom is -0.444 e. The van der Waals surface area contributed by atoms with Crippen molar-refractivity contribution in [1.82, 2.24) is 9.80 Å². The summed E-state index contributed by atoms with van der Waals surface area (Å²) < 4.78 is 45.6. The standard InChI is InChI=1S/C15H26F3N3O2/c1-6-19-11-14(5,15(16,17)18)21-9-7-20(8-10-21)12(22)23-13(2,3)4/h11H,6-10H2,1-5H3. The number of carbonyl (C=O) groups is 1. The Morgan fingerprint density at radius 2 is 1.65 bits per heavy atom. The Labute approximate surface area is 135 Å². The average Bonchev–Trinajstić information content (AvgIpc) is 2.41. The summed E-state index contributed by atoms with van der Waals surface area (Å²) in [6, 6.07) is 0. The first kappa shape index (κ1) is 19.7. The zero-order valence-electron chi connectivity index (χ0n) is 14.4. The molecule has 0 spiro atoms. The molecule has 1 unspecified atom stereocenters. The third-order valence-corrected chi connectivity index (χ3v) is 3.69. The van der Waals surface area contributed by atoms with Gasteiger partial charge in [-0.1, -0.05) is 0 Å². The number of rotatable bonds is 3. The second-order valence-corrected chi connectivity index (χ2v) is 6.73. The van der Waals surface area contributed by atoms with Gasteiger partial charge in [-0.3, -0.25) is 9.89 Å². The Balaban J connectivity index is 2.76. The van der Waals surface area contributed by atoms with Gasteiger partial charge in [0.25, 0.3) is 0 Å². The van der Waals surface area contributed by atoms with Gasteiger partial charge in [0, 0.05) is 38.9 Å². The smallest absolute Gasteiger partial charge is 0.411 e. The molecule has 1 heterocycles. The van der Waals surface area contributed by atoms with E-state index in [1.165, 1.54) is 9.80 Å². The van der Waals surface area contributed by atoms with Crippen molar-refractivity contribution >= 4 is 12.3 Å². The number of piperazine rings is 1. The molecule has 0 aliphatic carbocycles. The molecule has 0 aromatic carbocycles. The Kier molecular flexibility index (Phi) is 6.06. The summed E-state index contributed by atoms with van der Waals surface area (Å²) in [7, 11) is 0. The van der Waals surface area contributed by atoms with Crippen LogP contribution in [0.2, 0.25) is 0 Å². The van der Waals surface area contributed by atoms with E-state index in [1.807, 2.05) is 0 Å². The van der Waals surface area contributed by atoms with Crippen LogP contribution in [0, 0.1) is 0 Å². The quantitative estimate of drug-likeness (QED) is 0.744. The molecular formula is C15H26F3N3O2. The van der Waals surface area contributed by atoms with Crippen LogP contribution in [0.3, 0.4) is 0 Å². The van der Waals surface area contributed by atoms with Crippen LogP contribution in [0.15, 0.2) is 4.99 Å². The molecule has 0 N–H and O–H groups in total. The Hall–Kier alpha value is -1.31. The highest BCUT2D eigenvalue weighted by Gasteiger charge is 2.54. The number of carbonyl (C=O) groups excluding carboxylic acids is 1. The molecule has 0 aromatic rings. The molecule has 1 rings (SSSR count). The van der Waals surface area contributed by atoms with Crippen LogP contribution >= 0.6 is 0 Å². The molecule has 1 aliphatic heterocycles. The van der Waals surface area contributed by atoms with E-state index in [2.05, 4.69) is 4.99 Å². The number of halogens is 3. The SMILES string of the molecule is CCN=CC(C)(N1CCN(C(=O)OC(C)(C)C)CC1)C(F)(F)F. The molecule has 8 heteroatoms. The van der Waals surface area contributed by atoms with E-state index in [4.69, 9.17) is 4.74 Å². The Morgan fingerprint density at radius 1 is 1.13 bits per heavy atom. The lowest BCUT2D eigenvalue weighted by molar-refractivity contribution is -0.203. The number of hydrogen-bond acceptors (Lipinski definition) is 4. The summed E-state index contributed by atoms with van der Waals surface area (Å²) in [6.45, 7) is 8.99. The van der Waals surface area contributed by atoms with Gasteiger partial charge in [0.1, 0.15) is 11.1 Å². The molecule has 1 amide bonds. The van der Waals surface area contributed by atoms with Crippen molar-refractivity contribution in [3.05, 3.63) is 0 Å². The molecule has 1 fully saturated rings. The second kappa shape index (κ2) is 7.07. The van der Waals surface area contributed by atoms with E-state index in [-0.39, 0.29) is 26.2 Å². The molecule has 134 valence electrons. The van der Waals surface area contributed by atoms with Crippen molar-refractivity contribution in [3.8, 4) is 0 Å². The fourth-order valence-electron chi connectivity index (χ4n) is 2.28. The van der Waals surface area contributed by atoms with Gasteiger partial charge in [-0.05, 0) is 34.6 Å². The molecule has 0 saturated carbocycles. The number of hydrogen-bond donors (Lipinski definition) is 0. The predicted octanol–water partition coefficient (Wildman–Crippen LogP) is 2.95. The van der Waals surface area contributed by atoms with Crippen molar-refractivity contribution in [1.29, 1.82) is 0 Å². The van der Waals surface area contributed by atoms with Gasteiger partial charge in [-0.2, -0.15) is 13.2 Å². The highest BCUT2D eigenvalue weighted by molar-refractivity contribution is 5.71. The topological polar surface area (TPSA) is 45.1 Å². The second-order valence-electron chi connectivity index (χ2n) is 6.73. The average molecular weight is 337 g/mol. The number of nitrogens with zero attached hydrogens (tertiary/aromatic N) is 3. The maximum atomic E-state index is 13.5. The number of aliphatic imine (C=N–C) groups is 1. The first-order valence-corrected chi connectivity index (χ1v) is 7.71. The maximum Gasteiger partial charge on any atom is 0.411 e. The van der Waals surface area contributed by atoms with Gasteiger partial charge >= 0.3 is 12.3 Å². The van der Waals surface area contributed by atoms with Gasteiger partial charge in [0.2, 0.25) is 0 Å². The lowest BCUT2D eigenvalue weighted by atomic mass is 9.99.